The van der Waals surface area contributed by atoms with Crippen molar-refractivity contribution in [3.8, 4) is 5.75 Å². The van der Waals surface area contributed by atoms with Crippen LogP contribution >= 0.6 is 43.5 Å². The van der Waals surface area contributed by atoms with Crippen LogP contribution in [-0.2, 0) is 19.2 Å². The first-order valence-electron chi connectivity index (χ1n) is 12.6. The van der Waals surface area contributed by atoms with E-state index < -0.39 is 11.9 Å². The molecular weight excluding hydrogens is 640 g/mol. The van der Waals surface area contributed by atoms with Crippen molar-refractivity contribution < 1.29 is 23.9 Å². The number of aryl methyl sites for hydroxylation is 2. The molecule has 2 aromatic carbocycles. The van der Waals surface area contributed by atoms with Gasteiger partial charge in [-0.2, -0.15) is 0 Å². The number of benzene rings is 2. The number of ether oxygens (including phenoxy) is 1. The molecule has 2 saturated carbocycles. The van der Waals surface area contributed by atoms with Gasteiger partial charge in [0.2, 0.25) is 17.7 Å². The smallest absolute Gasteiger partial charge is 0.316 e. The molecule has 2 aliphatic carbocycles. The largest absolute Gasteiger partial charge is 0.426 e. The molecule has 0 aromatic heterocycles. The summed E-state index contributed by atoms with van der Waals surface area (Å²) in [6.07, 6.45) is 0.921. The Morgan fingerprint density at radius 1 is 0.947 bits per heavy atom. The highest BCUT2D eigenvalue weighted by Gasteiger charge is 2.66. The van der Waals surface area contributed by atoms with Crippen LogP contribution in [0.1, 0.15) is 24.0 Å². The molecule has 2 saturated heterocycles. The molecule has 0 unspecified atom stereocenters. The quantitative estimate of drug-likeness (QED) is 0.194. The van der Waals surface area contributed by atoms with Gasteiger partial charge in [0, 0.05) is 33.3 Å². The van der Waals surface area contributed by atoms with E-state index in [1.165, 1.54) is 4.90 Å². The van der Waals surface area contributed by atoms with Crippen LogP contribution in [0, 0.1) is 43.4 Å². The molecule has 2 aliphatic heterocycles. The Morgan fingerprint density at radius 2 is 1.61 bits per heavy atom. The lowest BCUT2D eigenvalue weighted by molar-refractivity contribution is -0.139. The lowest BCUT2D eigenvalue weighted by Crippen LogP contribution is -2.37. The van der Waals surface area contributed by atoms with Crippen LogP contribution < -0.4 is 14.5 Å². The fourth-order valence-electron chi connectivity index (χ4n) is 6.59. The first kappa shape index (κ1) is 26.0. The van der Waals surface area contributed by atoms with Gasteiger partial charge in [0.05, 0.1) is 23.4 Å². The summed E-state index contributed by atoms with van der Waals surface area (Å²) in [6, 6.07) is 10.3. The second-order valence-electron chi connectivity index (χ2n) is 10.7. The van der Waals surface area contributed by atoms with Gasteiger partial charge < -0.3 is 9.64 Å². The number of imide groups is 1. The minimum atomic E-state index is -0.617. The normalized spacial score (nSPS) is 31.9. The molecule has 4 aliphatic rings. The maximum absolute atomic E-state index is 13.4. The Kier molecular flexibility index (Phi) is 6.47. The van der Waals surface area contributed by atoms with E-state index in [2.05, 4.69) is 31.9 Å². The lowest BCUT2D eigenvalue weighted by Gasteiger charge is -2.28. The van der Waals surface area contributed by atoms with E-state index in [9.17, 15) is 19.2 Å². The van der Waals surface area contributed by atoms with Gasteiger partial charge in [-0.3, -0.25) is 19.2 Å². The maximum atomic E-state index is 13.4. The van der Waals surface area contributed by atoms with Gasteiger partial charge in [0.1, 0.15) is 5.75 Å². The van der Waals surface area contributed by atoms with E-state index in [0.29, 0.717) is 27.7 Å². The SMILES string of the molecule is Cc1ccc(N2C[C@H](C(=O)Oc3ccc(N4C(=O)[C@@H]5[C@H]6C[C@@H]([C@@H](Br)[C@H]6Br)[C@H]5C4=O)c(C)c3)CC2=O)cc1Cl. The number of carbonyl (C=O) groups excluding carboxylic acids is 4. The lowest BCUT2D eigenvalue weighted by atomic mass is 9.81. The molecule has 0 spiro atoms. The van der Waals surface area contributed by atoms with Crippen LogP contribution in [0.2, 0.25) is 5.02 Å². The minimum absolute atomic E-state index is 0.0480. The van der Waals surface area contributed by atoms with Crippen LogP contribution in [0.3, 0.4) is 0 Å². The number of hydrogen-bond donors (Lipinski definition) is 0. The molecule has 6 rings (SSSR count). The van der Waals surface area contributed by atoms with Crippen LogP contribution in [0.4, 0.5) is 11.4 Å². The minimum Gasteiger partial charge on any atom is -0.426 e. The van der Waals surface area contributed by atoms with Crippen molar-refractivity contribution in [3.05, 3.63) is 52.5 Å². The summed E-state index contributed by atoms with van der Waals surface area (Å²) in [6.45, 7) is 3.88. The summed E-state index contributed by atoms with van der Waals surface area (Å²) in [7, 11) is 0. The van der Waals surface area contributed by atoms with Gasteiger partial charge in [0.25, 0.3) is 0 Å². The van der Waals surface area contributed by atoms with Crippen molar-refractivity contribution in [1.82, 2.24) is 0 Å². The van der Waals surface area contributed by atoms with Gasteiger partial charge in [-0.05, 0) is 73.6 Å². The molecule has 198 valence electrons. The molecule has 10 heteroatoms. The summed E-state index contributed by atoms with van der Waals surface area (Å²) in [5.41, 5.74) is 2.74. The van der Waals surface area contributed by atoms with Crippen molar-refractivity contribution in [2.24, 2.45) is 29.6 Å². The topological polar surface area (TPSA) is 84.0 Å². The predicted molar refractivity (Wildman–Crippen MR) is 150 cm³/mol. The zero-order chi connectivity index (χ0) is 27.0. The zero-order valence-electron chi connectivity index (χ0n) is 20.7. The van der Waals surface area contributed by atoms with Crippen molar-refractivity contribution in [2.75, 3.05) is 16.3 Å². The van der Waals surface area contributed by atoms with Crippen LogP contribution in [0.25, 0.3) is 0 Å². The molecule has 2 bridgehead atoms. The summed E-state index contributed by atoms with van der Waals surface area (Å²) in [4.78, 5) is 55.5. The Bertz CT molecular complexity index is 1370. The van der Waals surface area contributed by atoms with Gasteiger partial charge >= 0.3 is 5.97 Å². The standard InChI is InChI=1S/C28H25Br2ClN2O5/c1-12-3-4-15(9-19(12)31)32-11-14(8-21(32)34)28(37)38-16-5-6-20(13(2)7-16)33-26(35)22-17-10-18(23(22)27(33)36)25(30)24(17)29/h3-7,9,14,17-18,22-25H,8,10-11H2,1-2H3/t14-,17-,18-,22-,23-,24-,25+/m1/s1. The Balaban J connectivity index is 1.16. The maximum Gasteiger partial charge on any atom is 0.316 e. The molecule has 0 radical (unpaired) electrons. The van der Waals surface area contributed by atoms with Crippen molar-refractivity contribution in [1.29, 1.82) is 0 Å². The summed E-state index contributed by atoms with van der Waals surface area (Å²) >= 11 is 13.6. The number of alkyl halides is 2. The van der Waals surface area contributed by atoms with E-state index in [0.717, 1.165) is 12.0 Å². The van der Waals surface area contributed by atoms with E-state index in [1.54, 1.807) is 36.1 Å². The number of anilines is 2. The van der Waals surface area contributed by atoms with E-state index in [1.807, 2.05) is 19.1 Å². The van der Waals surface area contributed by atoms with Crippen LogP contribution in [0.15, 0.2) is 36.4 Å². The molecule has 2 heterocycles. The third kappa shape index (κ3) is 3.95. The summed E-state index contributed by atoms with van der Waals surface area (Å²) < 4.78 is 5.63. The highest BCUT2D eigenvalue weighted by Crippen LogP contribution is 2.60. The fraction of sp³-hybridized carbons (Fsp3) is 0.429. The van der Waals surface area contributed by atoms with Gasteiger partial charge in [-0.15, -0.1) is 0 Å². The van der Waals surface area contributed by atoms with Gasteiger partial charge in [-0.25, -0.2) is 4.90 Å². The third-order valence-corrected chi connectivity index (χ3v) is 12.2. The highest BCUT2D eigenvalue weighted by atomic mass is 79.9. The first-order chi connectivity index (χ1) is 18.1. The molecule has 2 aromatic rings. The molecule has 7 atom stereocenters. The van der Waals surface area contributed by atoms with E-state index in [4.69, 9.17) is 16.3 Å². The Labute approximate surface area is 242 Å². The Morgan fingerprint density at radius 3 is 2.21 bits per heavy atom. The van der Waals surface area contributed by atoms with Crippen LogP contribution in [0.5, 0.6) is 5.75 Å². The number of amides is 3. The van der Waals surface area contributed by atoms with Crippen molar-refractivity contribution in [2.45, 2.75) is 36.3 Å². The summed E-state index contributed by atoms with van der Waals surface area (Å²) in [5.74, 6) is -1.59. The molecular formula is C28H25Br2ClN2O5. The number of fused-ring (bicyclic) bond motifs is 5. The third-order valence-electron chi connectivity index (χ3n) is 8.54. The molecule has 7 nitrogen and oxygen atoms in total. The second kappa shape index (κ2) is 9.45. The average molecular weight is 665 g/mol. The number of halogens is 3. The number of esters is 1. The fourth-order valence-corrected chi connectivity index (χ4v) is 8.64. The molecule has 0 N–H and O–H groups in total. The average Bonchev–Trinajstić information content (AvgIpc) is 3.59. The first-order valence-corrected chi connectivity index (χ1v) is 14.8. The van der Waals surface area contributed by atoms with Gasteiger partial charge in [-0.1, -0.05) is 49.5 Å². The number of hydrogen-bond acceptors (Lipinski definition) is 5. The molecule has 3 amide bonds. The zero-order valence-corrected chi connectivity index (χ0v) is 24.6. The van der Waals surface area contributed by atoms with E-state index >= 15 is 0 Å². The number of nitrogens with zero attached hydrogens (tertiary/aromatic N) is 2. The molecule has 4 fully saturated rings. The Hall–Kier alpha value is -2.23. The monoisotopic (exact) mass is 662 g/mol. The summed E-state index contributed by atoms with van der Waals surface area (Å²) in [5, 5.41) is 0.558. The van der Waals surface area contributed by atoms with Crippen LogP contribution in [-0.4, -0.2) is 39.9 Å². The highest BCUT2D eigenvalue weighted by molar-refractivity contribution is 9.12. The van der Waals surface area contributed by atoms with Crippen molar-refractivity contribution >= 4 is 78.5 Å². The predicted octanol–water partition coefficient (Wildman–Crippen LogP) is 5.20. The number of carbonyl (C=O) groups is 4. The van der Waals surface area contributed by atoms with E-state index in [-0.39, 0.29) is 64.0 Å². The van der Waals surface area contributed by atoms with Gasteiger partial charge in [0.15, 0.2) is 0 Å². The second-order valence-corrected chi connectivity index (χ2v) is 13.2. The molecule has 38 heavy (non-hydrogen) atoms. The number of rotatable bonds is 4. The van der Waals surface area contributed by atoms with Crippen molar-refractivity contribution in [3.63, 3.8) is 0 Å².